The Morgan fingerprint density at radius 1 is 1.57 bits per heavy atom. The summed E-state index contributed by atoms with van der Waals surface area (Å²) in [5.74, 6) is 0. The minimum Gasteiger partial charge on any atom is -0.444 e. The van der Waals surface area contributed by atoms with Gasteiger partial charge in [-0.05, 0) is 32.2 Å². The van der Waals surface area contributed by atoms with Crippen molar-refractivity contribution in [1.82, 2.24) is 10.2 Å². The fourth-order valence-electron chi connectivity index (χ4n) is 2.16. The van der Waals surface area contributed by atoms with E-state index in [2.05, 4.69) is 16.8 Å². The Balaban J connectivity index is 1.84. The summed E-state index contributed by atoms with van der Waals surface area (Å²) in [5.41, 5.74) is -0.468. The van der Waals surface area contributed by atoms with Crippen LogP contribution in [0.3, 0.4) is 0 Å². The van der Waals surface area contributed by atoms with E-state index in [-0.39, 0.29) is 12.1 Å². The highest BCUT2D eigenvalue weighted by atomic mass is 32.1. The molecule has 0 aliphatic carbocycles. The minimum atomic E-state index is -0.468. The van der Waals surface area contributed by atoms with Crippen LogP contribution in [0.5, 0.6) is 0 Å². The Hall–Kier alpha value is -1.11. The van der Waals surface area contributed by atoms with Crippen molar-refractivity contribution >= 4 is 17.4 Å². The van der Waals surface area contributed by atoms with Gasteiger partial charge < -0.3 is 14.8 Å². The van der Waals surface area contributed by atoms with Gasteiger partial charge in [-0.15, -0.1) is 11.3 Å². The molecule has 0 aromatic carbocycles. The number of morpholine rings is 1. The predicted octanol–water partition coefficient (Wildman–Crippen LogP) is 2.47. The third-order valence-corrected chi connectivity index (χ3v) is 3.99. The summed E-state index contributed by atoms with van der Waals surface area (Å²) in [6.45, 7) is 8.88. The average molecular weight is 312 g/mol. The Bertz CT molecular complexity index is 442. The number of hydrogen-bond acceptors (Lipinski definition) is 5. The summed E-state index contributed by atoms with van der Waals surface area (Å²) in [5, 5.41) is 5.45. The highest BCUT2D eigenvalue weighted by molar-refractivity contribution is 7.09. The summed E-state index contributed by atoms with van der Waals surface area (Å²) in [6, 6.07) is 4.16. The summed E-state index contributed by atoms with van der Waals surface area (Å²) in [7, 11) is 0. The van der Waals surface area contributed by atoms with E-state index in [4.69, 9.17) is 9.47 Å². The molecule has 1 amide bonds. The molecule has 1 N–H and O–H groups in total. The molecule has 1 fully saturated rings. The van der Waals surface area contributed by atoms with E-state index in [9.17, 15) is 4.79 Å². The first-order valence-electron chi connectivity index (χ1n) is 7.26. The summed E-state index contributed by atoms with van der Waals surface area (Å²) in [6.07, 6.45) is -0.256. The van der Waals surface area contributed by atoms with Crippen molar-refractivity contribution in [2.45, 2.75) is 39.0 Å². The van der Waals surface area contributed by atoms with Gasteiger partial charge in [-0.3, -0.25) is 4.90 Å². The van der Waals surface area contributed by atoms with Gasteiger partial charge in [-0.1, -0.05) is 6.07 Å². The van der Waals surface area contributed by atoms with Crippen molar-refractivity contribution < 1.29 is 14.3 Å². The SMILES string of the molecule is CC(C)(C)OC(=O)N1CCOCC1CNCc1cccs1. The van der Waals surface area contributed by atoms with E-state index in [0.717, 1.165) is 6.54 Å². The van der Waals surface area contributed by atoms with Gasteiger partial charge in [-0.25, -0.2) is 4.79 Å². The zero-order valence-corrected chi connectivity index (χ0v) is 13.7. The maximum Gasteiger partial charge on any atom is 0.410 e. The third-order valence-electron chi connectivity index (χ3n) is 3.11. The molecule has 1 aromatic rings. The van der Waals surface area contributed by atoms with Crippen molar-refractivity contribution in [1.29, 1.82) is 0 Å². The molecule has 0 bridgehead atoms. The second kappa shape index (κ2) is 7.24. The molecule has 118 valence electrons. The van der Waals surface area contributed by atoms with Gasteiger partial charge in [-0.2, -0.15) is 0 Å². The number of rotatable bonds is 4. The fraction of sp³-hybridized carbons (Fsp3) is 0.667. The molecule has 1 unspecified atom stereocenters. The number of ether oxygens (including phenoxy) is 2. The molecule has 1 saturated heterocycles. The maximum absolute atomic E-state index is 12.2. The van der Waals surface area contributed by atoms with Gasteiger partial charge in [0.1, 0.15) is 5.60 Å². The Morgan fingerprint density at radius 3 is 3.05 bits per heavy atom. The first kappa shape index (κ1) is 16.3. The molecule has 1 aliphatic rings. The molecule has 1 aromatic heterocycles. The summed E-state index contributed by atoms with van der Waals surface area (Å²) in [4.78, 5) is 15.3. The van der Waals surface area contributed by atoms with Crippen LogP contribution in [0.4, 0.5) is 4.79 Å². The van der Waals surface area contributed by atoms with Crippen molar-refractivity contribution in [2.24, 2.45) is 0 Å². The van der Waals surface area contributed by atoms with Gasteiger partial charge >= 0.3 is 6.09 Å². The van der Waals surface area contributed by atoms with Gasteiger partial charge in [0.2, 0.25) is 0 Å². The van der Waals surface area contributed by atoms with Crippen molar-refractivity contribution in [3.8, 4) is 0 Å². The van der Waals surface area contributed by atoms with Crippen LogP contribution >= 0.6 is 11.3 Å². The highest BCUT2D eigenvalue weighted by Gasteiger charge is 2.30. The molecule has 0 saturated carbocycles. The summed E-state index contributed by atoms with van der Waals surface area (Å²) < 4.78 is 11.0. The van der Waals surface area contributed by atoms with Crippen LogP contribution in [0.2, 0.25) is 0 Å². The largest absolute Gasteiger partial charge is 0.444 e. The lowest BCUT2D eigenvalue weighted by Crippen LogP contribution is -2.53. The molecule has 1 atom stereocenters. The molecule has 1 aliphatic heterocycles. The molecular weight excluding hydrogens is 288 g/mol. The molecule has 5 nitrogen and oxygen atoms in total. The van der Waals surface area contributed by atoms with Crippen LogP contribution in [0.1, 0.15) is 25.6 Å². The lowest BCUT2D eigenvalue weighted by atomic mass is 10.2. The number of nitrogens with zero attached hydrogens (tertiary/aromatic N) is 1. The van der Waals surface area contributed by atoms with E-state index in [1.807, 2.05) is 26.8 Å². The maximum atomic E-state index is 12.2. The molecule has 2 heterocycles. The van der Waals surface area contributed by atoms with Gasteiger partial charge in [0.15, 0.2) is 0 Å². The van der Waals surface area contributed by atoms with E-state index >= 15 is 0 Å². The van der Waals surface area contributed by atoms with Crippen LogP contribution < -0.4 is 5.32 Å². The van der Waals surface area contributed by atoms with Crippen LogP contribution in [0.25, 0.3) is 0 Å². The van der Waals surface area contributed by atoms with E-state index < -0.39 is 5.60 Å². The van der Waals surface area contributed by atoms with Crippen molar-refractivity contribution in [3.63, 3.8) is 0 Å². The number of thiophene rings is 1. The highest BCUT2D eigenvalue weighted by Crippen LogP contribution is 2.14. The minimum absolute atomic E-state index is 0.0218. The van der Waals surface area contributed by atoms with Crippen LogP contribution in [-0.4, -0.2) is 48.9 Å². The quantitative estimate of drug-likeness (QED) is 0.928. The van der Waals surface area contributed by atoms with Crippen LogP contribution in [-0.2, 0) is 16.0 Å². The normalized spacial score (nSPS) is 19.6. The average Bonchev–Trinajstić information content (AvgIpc) is 2.90. The second-order valence-corrected chi connectivity index (χ2v) is 7.14. The lowest BCUT2D eigenvalue weighted by molar-refractivity contribution is -0.0317. The standard InChI is InChI=1S/C15H24N2O3S/c1-15(2,3)20-14(18)17-6-7-19-11-12(17)9-16-10-13-5-4-8-21-13/h4-5,8,12,16H,6-7,9-11H2,1-3H3. The van der Waals surface area contributed by atoms with Gasteiger partial charge in [0.25, 0.3) is 0 Å². The zero-order chi connectivity index (χ0) is 15.3. The summed E-state index contributed by atoms with van der Waals surface area (Å²) >= 11 is 1.73. The first-order valence-corrected chi connectivity index (χ1v) is 8.14. The Labute approximate surface area is 130 Å². The Kier molecular flexibility index (Phi) is 5.61. The number of hydrogen-bond donors (Lipinski definition) is 1. The second-order valence-electron chi connectivity index (χ2n) is 6.11. The van der Waals surface area contributed by atoms with Gasteiger partial charge in [0, 0.05) is 24.5 Å². The first-order chi connectivity index (χ1) is 9.96. The lowest BCUT2D eigenvalue weighted by Gasteiger charge is -2.36. The molecule has 2 rings (SSSR count). The van der Waals surface area contributed by atoms with Crippen LogP contribution in [0.15, 0.2) is 17.5 Å². The smallest absolute Gasteiger partial charge is 0.410 e. The van der Waals surface area contributed by atoms with E-state index in [1.165, 1.54) is 4.88 Å². The van der Waals surface area contributed by atoms with Crippen LogP contribution in [0, 0.1) is 0 Å². The number of nitrogens with one attached hydrogen (secondary N) is 1. The molecule has 6 heteroatoms. The Morgan fingerprint density at radius 2 is 2.38 bits per heavy atom. The number of carbonyl (C=O) groups is 1. The van der Waals surface area contributed by atoms with E-state index in [1.54, 1.807) is 16.2 Å². The molecular formula is C15H24N2O3S. The molecule has 0 spiro atoms. The fourth-order valence-corrected chi connectivity index (χ4v) is 2.83. The molecule has 21 heavy (non-hydrogen) atoms. The van der Waals surface area contributed by atoms with Crippen molar-refractivity contribution in [2.75, 3.05) is 26.3 Å². The zero-order valence-electron chi connectivity index (χ0n) is 12.9. The third kappa shape index (κ3) is 5.30. The number of amides is 1. The van der Waals surface area contributed by atoms with E-state index in [0.29, 0.717) is 26.3 Å². The van der Waals surface area contributed by atoms with Crippen molar-refractivity contribution in [3.05, 3.63) is 22.4 Å². The number of carbonyl (C=O) groups excluding carboxylic acids is 1. The predicted molar refractivity (Wildman–Crippen MR) is 83.6 cm³/mol. The van der Waals surface area contributed by atoms with Gasteiger partial charge in [0.05, 0.1) is 19.3 Å². The monoisotopic (exact) mass is 312 g/mol. The topological polar surface area (TPSA) is 50.8 Å². The molecule has 0 radical (unpaired) electrons.